The van der Waals surface area contributed by atoms with E-state index in [1.807, 2.05) is 0 Å². The van der Waals surface area contributed by atoms with Crippen LogP contribution in [0.1, 0.15) is 22.4 Å². The van der Waals surface area contributed by atoms with Crippen molar-refractivity contribution in [2.75, 3.05) is 0 Å². The van der Waals surface area contributed by atoms with Gasteiger partial charge in [-0.05, 0) is 11.6 Å². The van der Waals surface area contributed by atoms with E-state index in [9.17, 15) is 18.0 Å². The van der Waals surface area contributed by atoms with Gasteiger partial charge >= 0.3 is 6.18 Å². The monoisotopic (exact) mass is 309 g/mol. The van der Waals surface area contributed by atoms with Crippen molar-refractivity contribution in [3.8, 4) is 0 Å². The Hall–Kier alpha value is -2.31. The molecule has 1 aliphatic rings. The highest BCUT2D eigenvalue weighted by atomic mass is 19.4. The van der Waals surface area contributed by atoms with Crippen LogP contribution in [0.4, 0.5) is 13.2 Å². The molecule has 116 valence electrons. The van der Waals surface area contributed by atoms with Gasteiger partial charge in [0, 0.05) is 19.2 Å². The highest BCUT2D eigenvalue weighted by Gasteiger charge is 2.31. The third-order valence-electron chi connectivity index (χ3n) is 3.81. The summed E-state index contributed by atoms with van der Waals surface area (Å²) in [6.07, 6.45) is -2.72. The smallest absolute Gasteiger partial charge is 0.332 e. The Morgan fingerprint density at radius 2 is 2.09 bits per heavy atom. The normalized spacial score (nSPS) is 14.3. The number of rotatable bonds is 2. The van der Waals surface area contributed by atoms with Crippen LogP contribution in [0.25, 0.3) is 0 Å². The molecule has 0 unspecified atom stereocenters. The van der Waals surface area contributed by atoms with Crippen LogP contribution >= 0.6 is 0 Å². The zero-order valence-electron chi connectivity index (χ0n) is 11.9. The molecule has 0 N–H and O–H groups in total. The lowest BCUT2D eigenvalue weighted by Gasteiger charge is -2.16. The predicted octanol–water partition coefficient (Wildman–Crippen LogP) is 2.52. The van der Waals surface area contributed by atoms with E-state index in [1.165, 1.54) is 12.1 Å². The Labute approximate surface area is 125 Å². The number of amides is 1. The molecule has 0 bridgehead atoms. The van der Waals surface area contributed by atoms with Crippen LogP contribution in [0, 0.1) is 0 Å². The maximum Gasteiger partial charge on any atom is 0.416 e. The van der Waals surface area contributed by atoms with Crippen molar-refractivity contribution in [1.82, 2.24) is 14.7 Å². The molecular formula is C15H14F3N3O. The highest BCUT2D eigenvalue weighted by Crippen LogP contribution is 2.30. The maximum atomic E-state index is 12.7. The quantitative estimate of drug-likeness (QED) is 0.855. The third-order valence-corrected chi connectivity index (χ3v) is 3.81. The first kappa shape index (κ1) is 14.6. The van der Waals surface area contributed by atoms with Crippen LogP contribution in [-0.4, -0.2) is 20.6 Å². The summed E-state index contributed by atoms with van der Waals surface area (Å²) >= 11 is 0. The molecule has 0 aliphatic carbocycles. The van der Waals surface area contributed by atoms with Crippen molar-refractivity contribution in [2.24, 2.45) is 7.05 Å². The lowest BCUT2D eigenvalue weighted by atomic mass is 10.1. The van der Waals surface area contributed by atoms with Crippen LogP contribution in [0.5, 0.6) is 0 Å². The summed E-state index contributed by atoms with van der Waals surface area (Å²) in [7, 11) is 1.81. The summed E-state index contributed by atoms with van der Waals surface area (Å²) in [5.41, 5.74) is 1.60. The van der Waals surface area contributed by atoms with Crippen molar-refractivity contribution >= 4 is 5.91 Å². The molecule has 2 aromatic rings. The van der Waals surface area contributed by atoms with Crippen LogP contribution < -0.4 is 0 Å². The van der Waals surface area contributed by atoms with E-state index >= 15 is 0 Å². The number of hydrogen-bond donors (Lipinski definition) is 0. The number of carbonyl (C=O) groups excluding carboxylic acids is 1. The Morgan fingerprint density at radius 3 is 2.77 bits per heavy atom. The first-order valence-electron chi connectivity index (χ1n) is 6.78. The number of fused-ring (bicyclic) bond motifs is 1. The lowest BCUT2D eigenvalue weighted by molar-refractivity contribution is -0.138. The molecule has 22 heavy (non-hydrogen) atoms. The van der Waals surface area contributed by atoms with E-state index in [-0.39, 0.29) is 12.3 Å². The van der Waals surface area contributed by atoms with Gasteiger partial charge in [0.1, 0.15) is 0 Å². The lowest BCUT2D eigenvalue weighted by Crippen LogP contribution is -2.27. The number of halogens is 3. The van der Waals surface area contributed by atoms with E-state index in [0.29, 0.717) is 18.7 Å². The van der Waals surface area contributed by atoms with Gasteiger partial charge in [0.2, 0.25) is 5.91 Å². The summed E-state index contributed by atoms with van der Waals surface area (Å²) in [5, 5.41) is 4.11. The number of hydrogen-bond acceptors (Lipinski definition) is 2. The topological polar surface area (TPSA) is 38.1 Å². The third kappa shape index (κ3) is 2.70. The molecule has 0 spiro atoms. The molecule has 3 rings (SSSR count). The number of nitrogens with zero attached hydrogens (tertiary/aromatic N) is 3. The minimum atomic E-state index is -4.39. The van der Waals surface area contributed by atoms with Crippen LogP contribution in [0.2, 0.25) is 0 Å². The van der Waals surface area contributed by atoms with Crippen molar-refractivity contribution < 1.29 is 18.0 Å². The van der Waals surface area contributed by atoms with Crippen molar-refractivity contribution in [1.29, 1.82) is 0 Å². The number of aryl methyl sites for hydroxylation is 1. The number of alkyl halides is 3. The summed E-state index contributed by atoms with van der Waals surface area (Å²) < 4.78 is 39.8. The molecule has 0 atom stereocenters. The van der Waals surface area contributed by atoms with Gasteiger partial charge in [0.05, 0.1) is 30.4 Å². The fourth-order valence-electron chi connectivity index (χ4n) is 2.61. The number of aromatic nitrogens is 2. The van der Waals surface area contributed by atoms with Gasteiger partial charge in [-0.25, -0.2) is 0 Å². The molecule has 0 fully saturated rings. The summed E-state index contributed by atoms with van der Waals surface area (Å²) in [4.78, 5) is 13.9. The minimum absolute atomic E-state index is 0.0364. The fourth-order valence-corrected chi connectivity index (χ4v) is 2.61. The Kier molecular flexibility index (Phi) is 3.42. The highest BCUT2D eigenvalue weighted by molar-refractivity contribution is 5.79. The van der Waals surface area contributed by atoms with Crippen LogP contribution in [0.3, 0.4) is 0 Å². The number of carbonyl (C=O) groups is 1. The molecular weight excluding hydrogens is 295 g/mol. The Bertz CT molecular complexity index is 721. The Balaban J connectivity index is 1.71. The summed E-state index contributed by atoms with van der Waals surface area (Å²) in [5.74, 6) is -0.185. The second-order valence-corrected chi connectivity index (χ2v) is 5.36. The molecule has 7 heteroatoms. The van der Waals surface area contributed by atoms with Gasteiger partial charge in [0.25, 0.3) is 0 Å². The second kappa shape index (κ2) is 5.15. The van der Waals surface area contributed by atoms with E-state index in [1.54, 1.807) is 22.8 Å². The molecule has 1 amide bonds. The van der Waals surface area contributed by atoms with Gasteiger partial charge in [-0.3, -0.25) is 9.48 Å². The van der Waals surface area contributed by atoms with E-state index < -0.39 is 11.7 Å². The summed E-state index contributed by atoms with van der Waals surface area (Å²) in [6, 6.07) is 4.90. The van der Waals surface area contributed by atoms with Gasteiger partial charge in [-0.2, -0.15) is 18.3 Å². The first-order chi connectivity index (χ1) is 10.3. The van der Waals surface area contributed by atoms with Crippen molar-refractivity contribution in [3.05, 3.63) is 52.8 Å². The van der Waals surface area contributed by atoms with Gasteiger partial charge in [-0.1, -0.05) is 18.2 Å². The van der Waals surface area contributed by atoms with Crippen LogP contribution in [-0.2, 0) is 37.5 Å². The van der Waals surface area contributed by atoms with E-state index in [4.69, 9.17) is 0 Å². The molecule has 0 radical (unpaired) electrons. The molecule has 4 nitrogen and oxygen atoms in total. The average Bonchev–Trinajstić information content (AvgIpc) is 3.01. The number of benzene rings is 1. The zero-order chi connectivity index (χ0) is 15.9. The maximum absolute atomic E-state index is 12.7. The average molecular weight is 309 g/mol. The largest absolute Gasteiger partial charge is 0.416 e. The fraction of sp³-hybridized carbons (Fsp3) is 0.333. The van der Waals surface area contributed by atoms with Crippen LogP contribution in [0.15, 0.2) is 30.5 Å². The molecule has 1 aliphatic heterocycles. The van der Waals surface area contributed by atoms with Gasteiger partial charge < -0.3 is 4.90 Å². The minimum Gasteiger partial charge on any atom is -0.332 e. The van der Waals surface area contributed by atoms with Gasteiger partial charge in [0.15, 0.2) is 0 Å². The second-order valence-electron chi connectivity index (χ2n) is 5.36. The first-order valence-corrected chi connectivity index (χ1v) is 6.78. The standard InChI is InChI=1S/C15H14F3N3O/c1-20-13-9-21(8-11(13)7-19-20)14(22)6-10-3-2-4-12(5-10)15(16,17)18/h2-5,7H,6,8-9H2,1H3. The van der Waals surface area contributed by atoms with E-state index in [2.05, 4.69) is 5.10 Å². The van der Waals surface area contributed by atoms with E-state index in [0.717, 1.165) is 23.4 Å². The molecule has 0 saturated heterocycles. The SMILES string of the molecule is Cn1ncc2c1CN(C(=O)Cc1cccc(C(F)(F)F)c1)C2. The summed E-state index contributed by atoms with van der Waals surface area (Å²) in [6.45, 7) is 0.907. The molecule has 1 aromatic heterocycles. The molecule has 1 aromatic carbocycles. The van der Waals surface area contributed by atoms with Crippen molar-refractivity contribution in [2.45, 2.75) is 25.7 Å². The Morgan fingerprint density at radius 1 is 1.32 bits per heavy atom. The zero-order valence-corrected chi connectivity index (χ0v) is 11.9. The molecule has 2 heterocycles. The van der Waals surface area contributed by atoms with Crippen molar-refractivity contribution in [3.63, 3.8) is 0 Å². The van der Waals surface area contributed by atoms with Gasteiger partial charge in [-0.15, -0.1) is 0 Å². The predicted molar refractivity (Wildman–Crippen MR) is 72.6 cm³/mol. The molecule has 0 saturated carbocycles.